The van der Waals surface area contributed by atoms with Gasteiger partial charge >= 0.3 is 0 Å². The first-order valence-corrected chi connectivity index (χ1v) is 9.19. The first kappa shape index (κ1) is 18.3. The fourth-order valence-corrected chi connectivity index (χ4v) is 3.44. The van der Waals surface area contributed by atoms with E-state index in [2.05, 4.69) is 22.3 Å². The number of rotatable bonds is 6. The number of carbonyl (C=O) groups excluding carboxylic acids is 1. The van der Waals surface area contributed by atoms with E-state index in [4.69, 9.17) is 10.5 Å². The molecule has 5 heteroatoms. The van der Waals surface area contributed by atoms with Crippen LogP contribution in [0.4, 0.5) is 5.69 Å². The molecule has 0 radical (unpaired) electrons. The van der Waals surface area contributed by atoms with Crippen LogP contribution in [0.5, 0.6) is 5.75 Å². The maximum Gasteiger partial charge on any atom is 0.251 e. The number of nitrogen functional groups attached to an aromatic ring is 1. The summed E-state index contributed by atoms with van der Waals surface area (Å²) in [6, 6.07) is 15.3. The third-order valence-electron chi connectivity index (χ3n) is 4.96. The van der Waals surface area contributed by atoms with Crippen LogP contribution < -0.4 is 15.8 Å². The number of carbonyl (C=O) groups is 1. The summed E-state index contributed by atoms with van der Waals surface area (Å²) in [5.74, 6) is 0.776. The highest BCUT2D eigenvalue weighted by Crippen LogP contribution is 2.26. The van der Waals surface area contributed by atoms with Crippen LogP contribution in [0, 0.1) is 0 Å². The second kappa shape index (κ2) is 8.72. The van der Waals surface area contributed by atoms with E-state index in [9.17, 15) is 4.79 Å². The number of nitrogens with zero attached hydrogens (tertiary/aromatic N) is 1. The van der Waals surface area contributed by atoms with Gasteiger partial charge in [-0.1, -0.05) is 18.6 Å². The van der Waals surface area contributed by atoms with E-state index in [0.717, 1.165) is 18.8 Å². The minimum Gasteiger partial charge on any atom is -0.497 e. The monoisotopic (exact) mass is 353 g/mol. The highest BCUT2D eigenvalue weighted by molar-refractivity contribution is 5.94. The van der Waals surface area contributed by atoms with E-state index in [1.165, 1.54) is 24.8 Å². The van der Waals surface area contributed by atoms with E-state index < -0.39 is 0 Å². The normalized spacial score (nSPS) is 16.0. The molecule has 2 aromatic rings. The number of nitrogens with one attached hydrogen (secondary N) is 1. The minimum atomic E-state index is -0.0690. The van der Waals surface area contributed by atoms with Crippen molar-refractivity contribution in [3.05, 3.63) is 59.7 Å². The van der Waals surface area contributed by atoms with Gasteiger partial charge in [0.1, 0.15) is 5.75 Å². The molecule has 5 nitrogen and oxygen atoms in total. The smallest absolute Gasteiger partial charge is 0.251 e. The Morgan fingerprint density at radius 3 is 2.35 bits per heavy atom. The van der Waals surface area contributed by atoms with Gasteiger partial charge in [-0.15, -0.1) is 0 Å². The fraction of sp³-hybridized carbons (Fsp3) is 0.381. The van der Waals surface area contributed by atoms with Gasteiger partial charge in [-0.05, 0) is 67.9 Å². The summed E-state index contributed by atoms with van der Waals surface area (Å²) in [4.78, 5) is 15.0. The first-order valence-electron chi connectivity index (χ1n) is 9.19. The molecule has 1 saturated heterocycles. The van der Waals surface area contributed by atoms with Crippen LogP contribution in [0.15, 0.2) is 48.5 Å². The topological polar surface area (TPSA) is 67.6 Å². The molecule has 1 atom stereocenters. The lowest BCUT2D eigenvalue weighted by Gasteiger charge is -2.35. The molecule has 0 aliphatic carbocycles. The summed E-state index contributed by atoms with van der Waals surface area (Å²) in [6.45, 7) is 2.71. The Morgan fingerprint density at radius 2 is 1.73 bits per heavy atom. The third-order valence-corrected chi connectivity index (χ3v) is 4.96. The van der Waals surface area contributed by atoms with Crippen LogP contribution >= 0.6 is 0 Å². The number of piperidine rings is 1. The second-order valence-electron chi connectivity index (χ2n) is 6.72. The molecule has 3 rings (SSSR count). The number of ether oxygens (including phenoxy) is 1. The maximum absolute atomic E-state index is 12.5. The number of nitrogens with two attached hydrogens (primary N) is 1. The number of hydrogen-bond acceptors (Lipinski definition) is 4. The predicted octanol–water partition coefficient (Wildman–Crippen LogP) is 3.23. The van der Waals surface area contributed by atoms with E-state index >= 15 is 0 Å². The Labute approximate surface area is 155 Å². The molecule has 1 aliphatic rings. The molecule has 26 heavy (non-hydrogen) atoms. The standard InChI is InChI=1S/C21H27N3O2/c1-26-19-11-7-16(8-12-19)20(24-13-3-2-4-14-24)15-23-21(25)17-5-9-18(22)10-6-17/h5-12,20H,2-4,13-15,22H2,1H3,(H,23,25). The van der Waals surface area contributed by atoms with Crippen molar-refractivity contribution in [1.82, 2.24) is 10.2 Å². The molecule has 0 spiro atoms. The first-order chi connectivity index (χ1) is 12.7. The zero-order chi connectivity index (χ0) is 18.4. The summed E-state index contributed by atoms with van der Waals surface area (Å²) in [5, 5.41) is 3.09. The molecule has 1 amide bonds. The lowest BCUT2D eigenvalue weighted by atomic mass is 10.0. The van der Waals surface area contributed by atoms with Crippen molar-refractivity contribution in [3.8, 4) is 5.75 Å². The van der Waals surface area contributed by atoms with Crippen molar-refractivity contribution in [2.45, 2.75) is 25.3 Å². The Hall–Kier alpha value is -2.53. The average molecular weight is 353 g/mol. The van der Waals surface area contributed by atoms with Gasteiger partial charge in [-0.3, -0.25) is 9.69 Å². The molecule has 138 valence electrons. The third kappa shape index (κ3) is 4.55. The Kier molecular flexibility index (Phi) is 6.12. The summed E-state index contributed by atoms with van der Waals surface area (Å²) < 4.78 is 5.27. The Balaban J connectivity index is 1.72. The minimum absolute atomic E-state index is 0.0690. The maximum atomic E-state index is 12.5. The van der Waals surface area contributed by atoms with Crippen molar-refractivity contribution < 1.29 is 9.53 Å². The van der Waals surface area contributed by atoms with E-state index in [1.807, 2.05) is 12.1 Å². The largest absolute Gasteiger partial charge is 0.497 e. The summed E-state index contributed by atoms with van der Waals surface area (Å²) in [5.41, 5.74) is 8.19. The molecular weight excluding hydrogens is 326 g/mol. The molecular formula is C21H27N3O2. The number of hydrogen-bond donors (Lipinski definition) is 2. The SMILES string of the molecule is COc1ccc(C(CNC(=O)c2ccc(N)cc2)N2CCCCC2)cc1. The van der Waals surface area contributed by atoms with Crippen LogP contribution in [0.25, 0.3) is 0 Å². The highest BCUT2D eigenvalue weighted by atomic mass is 16.5. The average Bonchev–Trinajstić information content (AvgIpc) is 2.70. The number of benzene rings is 2. The van der Waals surface area contributed by atoms with Crippen LogP contribution in [-0.2, 0) is 0 Å². The number of amides is 1. The summed E-state index contributed by atoms with van der Waals surface area (Å²) >= 11 is 0. The predicted molar refractivity (Wildman–Crippen MR) is 104 cm³/mol. The van der Waals surface area contributed by atoms with E-state index in [1.54, 1.807) is 31.4 Å². The number of methoxy groups -OCH3 is 1. The molecule has 3 N–H and O–H groups in total. The second-order valence-corrected chi connectivity index (χ2v) is 6.72. The van der Waals surface area contributed by atoms with Gasteiger partial charge < -0.3 is 15.8 Å². The van der Waals surface area contributed by atoms with Gasteiger partial charge in [-0.2, -0.15) is 0 Å². The van der Waals surface area contributed by atoms with Crippen molar-refractivity contribution in [2.75, 3.05) is 32.5 Å². The van der Waals surface area contributed by atoms with Crippen LogP contribution in [0.3, 0.4) is 0 Å². The Bertz CT molecular complexity index is 707. The molecule has 1 unspecified atom stereocenters. The van der Waals surface area contributed by atoms with Crippen molar-refractivity contribution in [2.24, 2.45) is 0 Å². The zero-order valence-corrected chi connectivity index (χ0v) is 15.3. The molecule has 2 aromatic carbocycles. The summed E-state index contributed by atoms with van der Waals surface area (Å²) in [7, 11) is 1.67. The molecule has 0 saturated carbocycles. The van der Waals surface area contributed by atoms with Gasteiger partial charge in [0.2, 0.25) is 0 Å². The zero-order valence-electron chi connectivity index (χ0n) is 15.3. The molecule has 0 aromatic heterocycles. The van der Waals surface area contributed by atoms with Crippen molar-refractivity contribution in [3.63, 3.8) is 0 Å². The molecule has 1 aliphatic heterocycles. The lowest BCUT2D eigenvalue weighted by Crippen LogP contribution is -2.40. The van der Waals surface area contributed by atoms with Crippen LogP contribution in [0.1, 0.15) is 41.2 Å². The summed E-state index contributed by atoms with van der Waals surface area (Å²) in [6.07, 6.45) is 3.70. The molecule has 1 heterocycles. The van der Waals surface area contributed by atoms with Gasteiger partial charge in [0.15, 0.2) is 0 Å². The quantitative estimate of drug-likeness (QED) is 0.783. The van der Waals surface area contributed by atoms with E-state index in [0.29, 0.717) is 17.8 Å². The van der Waals surface area contributed by atoms with Gasteiger partial charge in [-0.25, -0.2) is 0 Å². The lowest BCUT2D eigenvalue weighted by molar-refractivity contribution is 0.0924. The van der Waals surface area contributed by atoms with Crippen molar-refractivity contribution >= 4 is 11.6 Å². The van der Waals surface area contributed by atoms with Crippen LogP contribution in [0.2, 0.25) is 0 Å². The van der Waals surface area contributed by atoms with Gasteiger partial charge in [0.25, 0.3) is 5.91 Å². The van der Waals surface area contributed by atoms with Crippen LogP contribution in [-0.4, -0.2) is 37.6 Å². The fourth-order valence-electron chi connectivity index (χ4n) is 3.44. The van der Waals surface area contributed by atoms with Gasteiger partial charge in [0, 0.05) is 17.8 Å². The number of anilines is 1. The molecule has 1 fully saturated rings. The highest BCUT2D eigenvalue weighted by Gasteiger charge is 2.23. The number of likely N-dealkylation sites (tertiary alicyclic amines) is 1. The Morgan fingerprint density at radius 1 is 1.08 bits per heavy atom. The van der Waals surface area contributed by atoms with Crippen molar-refractivity contribution in [1.29, 1.82) is 0 Å². The molecule has 0 bridgehead atoms. The van der Waals surface area contributed by atoms with E-state index in [-0.39, 0.29) is 11.9 Å². The van der Waals surface area contributed by atoms with Gasteiger partial charge in [0.05, 0.1) is 13.2 Å².